The molecule has 19 heavy (non-hydrogen) atoms. The Bertz CT molecular complexity index is 466. The van der Waals surface area contributed by atoms with Crippen molar-refractivity contribution in [3.8, 4) is 5.75 Å². The van der Waals surface area contributed by atoms with E-state index in [0.717, 1.165) is 17.6 Å². The van der Waals surface area contributed by atoms with Gasteiger partial charge >= 0.3 is 0 Å². The summed E-state index contributed by atoms with van der Waals surface area (Å²) in [6.07, 6.45) is 1.50. The van der Waals surface area contributed by atoms with Gasteiger partial charge in [-0.15, -0.1) is 0 Å². The minimum atomic E-state index is -3.36. The molecule has 0 amide bonds. The molecule has 0 unspecified atom stereocenters. The number of hydrogen-bond donors (Lipinski definition) is 0. The Morgan fingerprint density at radius 1 is 1.21 bits per heavy atom. The van der Waals surface area contributed by atoms with Crippen LogP contribution in [0.25, 0.3) is 0 Å². The third-order valence-electron chi connectivity index (χ3n) is 2.52. The molecule has 0 radical (unpaired) electrons. The van der Waals surface area contributed by atoms with Gasteiger partial charge in [-0.1, -0.05) is 12.1 Å². The van der Waals surface area contributed by atoms with E-state index in [1.54, 1.807) is 7.11 Å². The minimum Gasteiger partial charge on any atom is -0.497 e. The van der Waals surface area contributed by atoms with Crippen LogP contribution in [-0.2, 0) is 25.6 Å². The van der Waals surface area contributed by atoms with Crippen LogP contribution < -0.4 is 4.74 Å². The second kappa shape index (κ2) is 7.47. The van der Waals surface area contributed by atoms with Gasteiger partial charge in [0.05, 0.1) is 32.7 Å². The fraction of sp³-hybridized carbons (Fsp3) is 0.538. The second-order valence-electron chi connectivity index (χ2n) is 4.28. The van der Waals surface area contributed by atoms with Gasteiger partial charge < -0.3 is 9.47 Å². The van der Waals surface area contributed by atoms with Gasteiger partial charge in [0.15, 0.2) is 0 Å². The third-order valence-corrected chi connectivity index (χ3v) is 3.11. The van der Waals surface area contributed by atoms with E-state index in [0.29, 0.717) is 13.0 Å². The van der Waals surface area contributed by atoms with Crippen molar-refractivity contribution >= 4 is 10.1 Å². The van der Waals surface area contributed by atoms with Gasteiger partial charge in [-0.25, -0.2) is 0 Å². The Balaban J connectivity index is 2.27. The highest BCUT2D eigenvalue weighted by Crippen LogP contribution is 2.13. The quantitative estimate of drug-likeness (QED) is 0.684. The predicted octanol–water partition coefficient (Wildman–Crippen LogP) is 1.97. The lowest BCUT2D eigenvalue weighted by atomic mass is 10.2. The third kappa shape index (κ3) is 7.15. The fourth-order valence-corrected chi connectivity index (χ4v) is 1.81. The van der Waals surface area contributed by atoms with Gasteiger partial charge in [-0.05, 0) is 31.0 Å². The highest BCUT2D eigenvalue weighted by Gasteiger charge is 2.06. The van der Waals surface area contributed by atoms with Crippen molar-refractivity contribution in [2.24, 2.45) is 0 Å². The van der Waals surface area contributed by atoms with Crippen molar-refractivity contribution in [2.75, 3.05) is 20.0 Å². The van der Waals surface area contributed by atoms with E-state index in [9.17, 15) is 8.42 Å². The Kier molecular flexibility index (Phi) is 6.27. The molecule has 1 aromatic rings. The zero-order chi connectivity index (χ0) is 14.3. The summed E-state index contributed by atoms with van der Waals surface area (Å²) in [4.78, 5) is 0. The van der Waals surface area contributed by atoms with E-state index in [1.807, 2.05) is 31.2 Å². The molecule has 1 rings (SSSR count). The van der Waals surface area contributed by atoms with E-state index in [-0.39, 0.29) is 12.7 Å². The van der Waals surface area contributed by atoms with Crippen molar-refractivity contribution in [3.05, 3.63) is 29.8 Å². The highest BCUT2D eigenvalue weighted by atomic mass is 32.2. The van der Waals surface area contributed by atoms with Crippen LogP contribution in [0, 0.1) is 0 Å². The molecule has 5 nitrogen and oxygen atoms in total. The Morgan fingerprint density at radius 3 is 2.37 bits per heavy atom. The van der Waals surface area contributed by atoms with Gasteiger partial charge in [0.1, 0.15) is 5.75 Å². The van der Waals surface area contributed by atoms with Gasteiger partial charge in [0.2, 0.25) is 0 Å². The number of benzene rings is 1. The topological polar surface area (TPSA) is 61.8 Å². The molecule has 0 fully saturated rings. The molecule has 6 heteroatoms. The van der Waals surface area contributed by atoms with Crippen LogP contribution in [0.1, 0.15) is 18.9 Å². The van der Waals surface area contributed by atoms with Crippen molar-refractivity contribution in [1.82, 2.24) is 0 Å². The molecule has 0 saturated carbocycles. The van der Waals surface area contributed by atoms with Crippen LogP contribution >= 0.6 is 0 Å². The minimum absolute atomic E-state index is 0.0659. The average molecular weight is 288 g/mol. The van der Waals surface area contributed by atoms with Gasteiger partial charge in [0.25, 0.3) is 10.1 Å². The number of rotatable bonds is 8. The predicted molar refractivity (Wildman–Crippen MR) is 72.7 cm³/mol. The SMILES string of the molecule is COc1ccc(CO[C@H](C)CCOS(C)(=O)=O)cc1. The molecule has 1 atom stereocenters. The number of methoxy groups -OCH3 is 1. The molecule has 108 valence electrons. The largest absolute Gasteiger partial charge is 0.497 e. The van der Waals surface area contributed by atoms with E-state index in [2.05, 4.69) is 4.18 Å². The van der Waals surface area contributed by atoms with Gasteiger partial charge in [0, 0.05) is 0 Å². The van der Waals surface area contributed by atoms with E-state index in [1.165, 1.54) is 0 Å². The summed E-state index contributed by atoms with van der Waals surface area (Å²) in [5, 5.41) is 0. The van der Waals surface area contributed by atoms with Crippen LogP contribution in [0.5, 0.6) is 5.75 Å². The van der Waals surface area contributed by atoms with Crippen molar-refractivity contribution in [1.29, 1.82) is 0 Å². The first-order valence-corrected chi connectivity index (χ1v) is 7.81. The number of ether oxygens (including phenoxy) is 2. The maximum Gasteiger partial charge on any atom is 0.264 e. The Morgan fingerprint density at radius 2 is 1.84 bits per heavy atom. The molecule has 0 saturated heterocycles. The second-order valence-corrected chi connectivity index (χ2v) is 5.93. The fourth-order valence-electron chi connectivity index (χ4n) is 1.41. The summed E-state index contributed by atoms with van der Waals surface area (Å²) >= 11 is 0. The van der Waals surface area contributed by atoms with E-state index < -0.39 is 10.1 Å². The monoisotopic (exact) mass is 288 g/mol. The van der Waals surface area contributed by atoms with Crippen LogP contribution in [0.2, 0.25) is 0 Å². The maximum atomic E-state index is 10.8. The molecule has 1 aromatic carbocycles. The van der Waals surface area contributed by atoms with Crippen molar-refractivity contribution in [2.45, 2.75) is 26.1 Å². The van der Waals surface area contributed by atoms with Crippen LogP contribution in [0.15, 0.2) is 24.3 Å². The Labute approximate surface area is 114 Å². The summed E-state index contributed by atoms with van der Waals surface area (Å²) < 4.78 is 36.9. The van der Waals surface area contributed by atoms with E-state index in [4.69, 9.17) is 9.47 Å². The molecule has 0 aliphatic carbocycles. The molecule has 0 N–H and O–H groups in total. The molecular formula is C13H20O5S. The zero-order valence-corrected chi connectivity index (χ0v) is 12.3. The zero-order valence-electron chi connectivity index (χ0n) is 11.5. The molecular weight excluding hydrogens is 268 g/mol. The summed E-state index contributed by atoms with van der Waals surface area (Å²) in [7, 11) is -1.74. The molecule has 0 heterocycles. The molecule has 0 aliphatic rings. The first kappa shape index (κ1) is 15.9. The highest BCUT2D eigenvalue weighted by molar-refractivity contribution is 7.85. The molecule has 0 spiro atoms. The Hall–Kier alpha value is -1.11. The maximum absolute atomic E-state index is 10.8. The average Bonchev–Trinajstić information content (AvgIpc) is 2.35. The van der Waals surface area contributed by atoms with Crippen LogP contribution in [0.4, 0.5) is 0 Å². The lowest BCUT2D eigenvalue weighted by Gasteiger charge is -2.13. The van der Waals surface area contributed by atoms with Crippen LogP contribution in [-0.4, -0.2) is 34.5 Å². The van der Waals surface area contributed by atoms with Crippen LogP contribution in [0.3, 0.4) is 0 Å². The van der Waals surface area contributed by atoms with E-state index >= 15 is 0 Å². The standard InChI is InChI=1S/C13H20O5S/c1-11(8-9-18-19(3,14)15)17-10-12-4-6-13(16-2)7-5-12/h4-7,11H,8-10H2,1-3H3/t11-/m1/s1. The van der Waals surface area contributed by atoms with Gasteiger partial charge in [-0.3, -0.25) is 4.18 Å². The molecule has 0 aliphatic heterocycles. The lowest BCUT2D eigenvalue weighted by molar-refractivity contribution is 0.0393. The first-order chi connectivity index (χ1) is 8.90. The smallest absolute Gasteiger partial charge is 0.264 e. The summed E-state index contributed by atoms with van der Waals surface area (Å²) in [5.74, 6) is 0.804. The lowest BCUT2D eigenvalue weighted by Crippen LogP contribution is -2.13. The van der Waals surface area contributed by atoms with Crippen molar-refractivity contribution < 1.29 is 22.1 Å². The van der Waals surface area contributed by atoms with Crippen molar-refractivity contribution in [3.63, 3.8) is 0 Å². The van der Waals surface area contributed by atoms with Gasteiger partial charge in [-0.2, -0.15) is 8.42 Å². The number of hydrogen-bond acceptors (Lipinski definition) is 5. The first-order valence-electron chi connectivity index (χ1n) is 5.99. The molecule has 0 aromatic heterocycles. The summed E-state index contributed by atoms with van der Waals surface area (Å²) in [6, 6.07) is 7.60. The molecule has 0 bridgehead atoms. The normalized spacial score (nSPS) is 13.2. The summed E-state index contributed by atoms with van der Waals surface area (Å²) in [5.41, 5.74) is 1.04. The summed E-state index contributed by atoms with van der Waals surface area (Å²) in [6.45, 7) is 2.50.